The summed E-state index contributed by atoms with van der Waals surface area (Å²) >= 11 is 6.08. The number of nitrogens with zero attached hydrogens (tertiary/aromatic N) is 1. The third kappa shape index (κ3) is 5.29. The van der Waals surface area contributed by atoms with Crippen LogP contribution < -0.4 is 19.5 Å². The molecule has 2 aromatic rings. The maximum absolute atomic E-state index is 13.6. The van der Waals surface area contributed by atoms with E-state index in [-0.39, 0.29) is 11.1 Å². The first-order valence-corrected chi connectivity index (χ1v) is 12.0. The number of likely N-dealkylation sites (tertiary alicyclic amines) is 1. The lowest BCUT2D eigenvalue weighted by atomic mass is 9.95. The molecule has 0 aromatic heterocycles. The van der Waals surface area contributed by atoms with E-state index in [0.29, 0.717) is 35.1 Å². The van der Waals surface area contributed by atoms with E-state index in [1.54, 1.807) is 36.4 Å². The number of carbonyl (C=O) groups is 2. The zero-order valence-electron chi connectivity index (χ0n) is 19.8. The minimum atomic E-state index is -0.785. The molecule has 2 heterocycles. The maximum Gasteiger partial charge on any atom is 0.295 e. The summed E-state index contributed by atoms with van der Waals surface area (Å²) in [6.45, 7) is 4.51. The Balaban J connectivity index is 1.69. The third-order valence-corrected chi connectivity index (χ3v) is 6.74. The number of quaternary nitrogens is 1. The smallest absolute Gasteiger partial charge is 0.295 e. The van der Waals surface area contributed by atoms with Crippen molar-refractivity contribution in [3.8, 4) is 11.5 Å². The highest BCUT2D eigenvalue weighted by atomic mass is 35.5. The van der Waals surface area contributed by atoms with Crippen molar-refractivity contribution in [1.29, 1.82) is 0 Å². The summed E-state index contributed by atoms with van der Waals surface area (Å²) in [4.78, 5) is 29.2. The molecule has 2 aliphatic heterocycles. The maximum atomic E-state index is 13.6. The Morgan fingerprint density at radius 1 is 1.09 bits per heavy atom. The fraction of sp³-hybridized carbons (Fsp3) is 0.385. The van der Waals surface area contributed by atoms with Gasteiger partial charge in [0.05, 0.1) is 40.0 Å². The summed E-state index contributed by atoms with van der Waals surface area (Å²) in [5, 5.41) is 14.1. The van der Waals surface area contributed by atoms with Crippen LogP contribution in [0.5, 0.6) is 11.5 Å². The Labute approximate surface area is 209 Å². The predicted molar refractivity (Wildman–Crippen MR) is 128 cm³/mol. The molecule has 2 aliphatic rings. The lowest BCUT2D eigenvalue weighted by Crippen LogP contribution is -3.14. The summed E-state index contributed by atoms with van der Waals surface area (Å²) in [6.07, 6.45) is 0.705. The van der Waals surface area contributed by atoms with E-state index in [1.165, 1.54) is 30.1 Å². The first kappa shape index (κ1) is 25.0. The molecule has 9 heteroatoms. The number of methoxy groups -OCH3 is 2. The monoisotopic (exact) mass is 500 g/mol. The van der Waals surface area contributed by atoms with Crippen LogP contribution in [0.2, 0.25) is 5.02 Å². The third-order valence-electron chi connectivity index (χ3n) is 6.49. The average molecular weight is 501 g/mol. The van der Waals surface area contributed by atoms with Crippen LogP contribution in [0.1, 0.15) is 23.6 Å². The van der Waals surface area contributed by atoms with Crippen molar-refractivity contribution in [2.75, 3.05) is 53.6 Å². The molecule has 0 aliphatic carbocycles. The number of hydrogen-bond donors (Lipinski definition) is 1. The lowest BCUT2D eigenvalue weighted by molar-refractivity contribution is -0.908. The normalized spacial score (nSPS) is 20.3. The van der Waals surface area contributed by atoms with Gasteiger partial charge < -0.3 is 29.1 Å². The van der Waals surface area contributed by atoms with Gasteiger partial charge in [-0.15, -0.1) is 0 Å². The molecule has 2 aromatic carbocycles. The minimum absolute atomic E-state index is 0.0664. The van der Waals surface area contributed by atoms with Crippen LogP contribution in [0.25, 0.3) is 5.76 Å². The van der Waals surface area contributed by atoms with Gasteiger partial charge in [-0.25, -0.2) is 0 Å². The van der Waals surface area contributed by atoms with E-state index in [0.717, 1.165) is 32.8 Å². The van der Waals surface area contributed by atoms with Gasteiger partial charge in [-0.3, -0.25) is 9.59 Å². The second-order valence-electron chi connectivity index (χ2n) is 8.56. The fourth-order valence-corrected chi connectivity index (χ4v) is 4.76. The number of halogens is 1. The van der Waals surface area contributed by atoms with Gasteiger partial charge in [0, 0.05) is 23.6 Å². The number of Topliss-reactive ketones (excluding diaryl/α,β-unsaturated/α-hetero) is 1. The molecule has 2 saturated heterocycles. The zero-order chi connectivity index (χ0) is 24.9. The Morgan fingerprint density at radius 3 is 2.43 bits per heavy atom. The van der Waals surface area contributed by atoms with Crippen LogP contribution in [-0.2, 0) is 14.3 Å². The van der Waals surface area contributed by atoms with Crippen LogP contribution in [0.15, 0.2) is 48.0 Å². The Kier molecular flexibility index (Phi) is 7.95. The van der Waals surface area contributed by atoms with Gasteiger partial charge >= 0.3 is 0 Å². The van der Waals surface area contributed by atoms with E-state index >= 15 is 0 Å². The zero-order valence-corrected chi connectivity index (χ0v) is 20.6. The quantitative estimate of drug-likeness (QED) is 0.329. The van der Waals surface area contributed by atoms with Crippen molar-refractivity contribution in [3.63, 3.8) is 0 Å². The molecular weight excluding hydrogens is 472 g/mol. The SMILES string of the molecule is COc1ccc(C([O-])=C2C(=O)C(=O)N(CCC[NH+]3CCOCC3)C2c2ccc(Cl)cc2)cc1OC. The number of amides is 1. The van der Waals surface area contributed by atoms with Gasteiger partial charge in [-0.05, 0) is 35.4 Å². The average Bonchev–Trinajstić information content (AvgIpc) is 3.14. The topological polar surface area (TPSA) is 92.6 Å². The first-order chi connectivity index (χ1) is 16.9. The molecule has 0 bridgehead atoms. The van der Waals surface area contributed by atoms with E-state index in [4.69, 9.17) is 25.8 Å². The fourth-order valence-electron chi connectivity index (χ4n) is 4.63. The number of rotatable bonds is 8. The number of morpholine rings is 1. The molecule has 0 saturated carbocycles. The molecular formula is C26H29ClN2O6. The highest BCUT2D eigenvalue weighted by Gasteiger charge is 2.44. The van der Waals surface area contributed by atoms with Crippen molar-refractivity contribution in [3.05, 3.63) is 64.2 Å². The minimum Gasteiger partial charge on any atom is -0.872 e. The molecule has 0 radical (unpaired) electrons. The molecule has 35 heavy (non-hydrogen) atoms. The molecule has 4 rings (SSSR count). The Morgan fingerprint density at radius 2 is 1.77 bits per heavy atom. The summed E-state index contributed by atoms with van der Waals surface area (Å²) < 4.78 is 16.0. The number of nitrogens with one attached hydrogen (secondary N) is 1. The van der Waals surface area contributed by atoms with E-state index in [9.17, 15) is 14.7 Å². The van der Waals surface area contributed by atoms with Crippen molar-refractivity contribution < 1.29 is 33.8 Å². The number of ketones is 1. The molecule has 1 atom stereocenters. The van der Waals surface area contributed by atoms with Crippen LogP contribution in [-0.4, -0.2) is 70.2 Å². The van der Waals surface area contributed by atoms with Crippen LogP contribution in [0, 0.1) is 0 Å². The van der Waals surface area contributed by atoms with Crippen LogP contribution in [0.3, 0.4) is 0 Å². The molecule has 1 unspecified atom stereocenters. The standard InChI is InChI=1S/C26H29ClN2O6/c1-33-20-9-6-18(16-21(20)34-2)24(30)22-23(17-4-7-19(27)8-5-17)29(26(32)25(22)31)11-3-10-28-12-14-35-15-13-28/h4-9,16,23,30H,3,10-15H2,1-2H3. The number of carbonyl (C=O) groups excluding carboxylic acids is 2. The van der Waals surface area contributed by atoms with Crippen molar-refractivity contribution in [1.82, 2.24) is 4.90 Å². The Bertz CT molecular complexity index is 1110. The van der Waals surface area contributed by atoms with Crippen LogP contribution >= 0.6 is 11.6 Å². The molecule has 186 valence electrons. The van der Waals surface area contributed by atoms with E-state index in [1.807, 2.05) is 0 Å². The van der Waals surface area contributed by atoms with Gasteiger partial charge in [0.2, 0.25) is 5.78 Å². The number of hydrogen-bond acceptors (Lipinski definition) is 6. The van der Waals surface area contributed by atoms with Gasteiger partial charge in [-0.2, -0.15) is 0 Å². The first-order valence-electron chi connectivity index (χ1n) is 11.6. The van der Waals surface area contributed by atoms with Crippen molar-refractivity contribution >= 4 is 29.1 Å². The molecule has 8 nitrogen and oxygen atoms in total. The summed E-state index contributed by atoms with van der Waals surface area (Å²) in [7, 11) is 2.97. The molecule has 0 spiro atoms. The molecule has 1 amide bonds. The molecule has 2 fully saturated rings. The highest BCUT2D eigenvalue weighted by molar-refractivity contribution is 6.46. The Hall–Kier alpha value is -3.07. The van der Waals surface area contributed by atoms with Crippen molar-refractivity contribution in [2.24, 2.45) is 0 Å². The van der Waals surface area contributed by atoms with Crippen molar-refractivity contribution in [2.45, 2.75) is 12.5 Å². The van der Waals surface area contributed by atoms with Crippen LogP contribution in [0.4, 0.5) is 0 Å². The largest absolute Gasteiger partial charge is 0.872 e. The molecule has 1 N–H and O–H groups in total. The summed E-state index contributed by atoms with van der Waals surface area (Å²) in [6, 6.07) is 10.8. The van der Waals surface area contributed by atoms with E-state index < -0.39 is 23.5 Å². The van der Waals surface area contributed by atoms with Gasteiger partial charge in [0.25, 0.3) is 5.91 Å². The van der Waals surface area contributed by atoms with Gasteiger partial charge in [0.15, 0.2) is 11.5 Å². The van der Waals surface area contributed by atoms with Gasteiger partial charge in [-0.1, -0.05) is 35.6 Å². The second-order valence-corrected chi connectivity index (χ2v) is 9.00. The number of benzene rings is 2. The number of ether oxygens (including phenoxy) is 3. The lowest BCUT2D eigenvalue weighted by Gasteiger charge is -2.29. The summed E-state index contributed by atoms with van der Waals surface area (Å²) in [5.41, 5.74) is 0.844. The second kappa shape index (κ2) is 11.1. The van der Waals surface area contributed by atoms with Gasteiger partial charge in [0.1, 0.15) is 13.1 Å². The predicted octanol–water partition coefficient (Wildman–Crippen LogP) is 0.886. The highest BCUT2D eigenvalue weighted by Crippen LogP contribution is 2.40. The van der Waals surface area contributed by atoms with E-state index in [2.05, 4.69) is 0 Å². The summed E-state index contributed by atoms with van der Waals surface area (Å²) in [5.74, 6) is -1.12.